The van der Waals surface area contributed by atoms with E-state index in [0.717, 1.165) is 36.6 Å². The van der Waals surface area contributed by atoms with Gasteiger partial charge < -0.3 is 10.0 Å². The standard InChI is InChI=1S/C23H24N6O3S/c1-2-19-24-23-28(25-19)22(30)21(33-23)20(16-8-10-18(11-9-16)29(31)32)27-14-12-26(13-15-27)17-6-4-3-5-7-17/h3-11,20,30H,2,12-15H2,1H3/t20-/m1/s1. The number of non-ortho nitro benzene ring substituents is 1. The molecular formula is C23H24N6O3S. The number of rotatable bonds is 6. The van der Waals surface area contributed by atoms with Crippen molar-refractivity contribution in [2.45, 2.75) is 19.4 Å². The Morgan fingerprint density at radius 2 is 1.79 bits per heavy atom. The maximum absolute atomic E-state index is 11.2. The van der Waals surface area contributed by atoms with Gasteiger partial charge in [-0.2, -0.15) is 4.52 Å². The molecule has 0 bridgehead atoms. The van der Waals surface area contributed by atoms with Crippen LogP contribution in [0.1, 0.15) is 29.2 Å². The Balaban J connectivity index is 1.49. The third kappa shape index (κ3) is 4.03. The highest BCUT2D eigenvalue weighted by molar-refractivity contribution is 7.17. The van der Waals surface area contributed by atoms with Crippen LogP contribution in [0.5, 0.6) is 5.88 Å². The number of thiazole rings is 1. The number of aromatic nitrogens is 3. The zero-order chi connectivity index (χ0) is 22.9. The number of nitro groups is 1. The molecular weight excluding hydrogens is 440 g/mol. The molecule has 3 heterocycles. The van der Waals surface area contributed by atoms with Crippen LogP contribution in [-0.2, 0) is 6.42 Å². The number of para-hydroxylation sites is 1. The smallest absolute Gasteiger partial charge is 0.269 e. The fourth-order valence-electron chi connectivity index (χ4n) is 4.30. The number of piperazine rings is 1. The molecule has 0 saturated carbocycles. The summed E-state index contributed by atoms with van der Waals surface area (Å²) in [5.41, 5.74) is 2.13. The highest BCUT2D eigenvalue weighted by Gasteiger charge is 2.32. The first-order chi connectivity index (χ1) is 16.0. The van der Waals surface area contributed by atoms with Gasteiger partial charge in [0.1, 0.15) is 0 Å². The number of aromatic hydroxyl groups is 1. The van der Waals surface area contributed by atoms with Gasteiger partial charge in [-0.1, -0.05) is 48.6 Å². The lowest BCUT2D eigenvalue weighted by Crippen LogP contribution is -2.47. The Labute approximate surface area is 194 Å². The second-order valence-corrected chi connectivity index (χ2v) is 8.98. The zero-order valence-electron chi connectivity index (χ0n) is 18.2. The number of benzene rings is 2. The van der Waals surface area contributed by atoms with Crippen LogP contribution in [0.25, 0.3) is 4.96 Å². The summed E-state index contributed by atoms with van der Waals surface area (Å²) in [4.78, 5) is 21.3. The van der Waals surface area contributed by atoms with Gasteiger partial charge in [-0.15, -0.1) is 5.10 Å². The predicted molar refractivity (Wildman–Crippen MR) is 127 cm³/mol. The van der Waals surface area contributed by atoms with Crippen LogP contribution < -0.4 is 4.90 Å². The van der Waals surface area contributed by atoms with Gasteiger partial charge in [-0.3, -0.25) is 15.0 Å². The average Bonchev–Trinajstić information content (AvgIpc) is 3.39. The van der Waals surface area contributed by atoms with Gasteiger partial charge >= 0.3 is 0 Å². The topological polar surface area (TPSA) is 100 Å². The van der Waals surface area contributed by atoms with E-state index >= 15 is 0 Å². The van der Waals surface area contributed by atoms with Crippen molar-refractivity contribution in [1.29, 1.82) is 0 Å². The van der Waals surface area contributed by atoms with Crippen LogP contribution in [0.15, 0.2) is 54.6 Å². The minimum atomic E-state index is -0.399. The van der Waals surface area contributed by atoms with E-state index in [2.05, 4.69) is 32.0 Å². The summed E-state index contributed by atoms with van der Waals surface area (Å²) in [7, 11) is 0. The van der Waals surface area contributed by atoms with Crippen molar-refractivity contribution in [2.24, 2.45) is 0 Å². The molecule has 4 aromatic rings. The molecule has 2 aromatic carbocycles. The summed E-state index contributed by atoms with van der Waals surface area (Å²) in [6, 6.07) is 16.7. The minimum Gasteiger partial charge on any atom is -0.492 e. The number of fused-ring (bicyclic) bond motifs is 1. The lowest BCUT2D eigenvalue weighted by Gasteiger charge is -2.40. The molecule has 0 aliphatic carbocycles. The second kappa shape index (κ2) is 8.80. The molecule has 33 heavy (non-hydrogen) atoms. The molecule has 1 N–H and O–H groups in total. The van der Waals surface area contributed by atoms with Gasteiger partial charge in [0.25, 0.3) is 5.69 Å². The summed E-state index contributed by atoms with van der Waals surface area (Å²) in [5, 5.41) is 26.6. The Morgan fingerprint density at radius 1 is 1.09 bits per heavy atom. The number of nitro benzene ring substituents is 1. The van der Waals surface area contributed by atoms with E-state index < -0.39 is 4.92 Å². The van der Waals surface area contributed by atoms with Crippen LogP contribution in [-0.4, -0.2) is 55.7 Å². The number of anilines is 1. The van der Waals surface area contributed by atoms with Gasteiger partial charge in [-0.05, 0) is 17.7 Å². The second-order valence-electron chi connectivity index (χ2n) is 7.98. The van der Waals surface area contributed by atoms with Crippen molar-refractivity contribution >= 4 is 27.7 Å². The van der Waals surface area contributed by atoms with Crippen LogP contribution in [0, 0.1) is 10.1 Å². The van der Waals surface area contributed by atoms with Crippen molar-refractivity contribution in [3.05, 3.63) is 81.0 Å². The number of hydrogen-bond acceptors (Lipinski definition) is 8. The molecule has 1 saturated heterocycles. The largest absolute Gasteiger partial charge is 0.492 e. The molecule has 0 spiro atoms. The summed E-state index contributed by atoms with van der Waals surface area (Å²) < 4.78 is 1.50. The summed E-state index contributed by atoms with van der Waals surface area (Å²) in [5.74, 6) is 0.766. The first kappa shape index (κ1) is 21.4. The van der Waals surface area contributed by atoms with Crippen molar-refractivity contribution in [3.63, 3.8) is 0 Å². The highest BCUT2D eigenvalue weighted by atomic mass is 32.1. The van der Waals surface area contributed by atoms with Crippen LogP contribution >= 0.6 is 11.3 Å². The summed E-state index contributed by atoms with van der Waals surface area (Å²) in [6.45, 7) is 5.22. The number of hydrogen-bond donors (Lipinski definition) is 1. The van der Waals surface area contributed by atoms with Gasteiger partial charge in [-0.25, -0.2) is 4.98 Å². The van der Waals surface area contributed by atoms with Gasteiger partial charge in [0.15, 0.2) is 5.82 Å². The van der Waals surface area contributed by atoms with Crippen molar-refractivity contribution in [2.75, 3.05) is 31.1 Å². The van der Waals surface area contributed by atoms with Crippen LogP contribution in [0.4, 0.5) is 11.4 Å². The Morgan fingerprint density at radius 3 is 2.39 bits per heavy atom. The number of nitrogens with zero attached hydrogens (tertiary/aromatic N) is 6. The lowest BCUT2D eigenvalue weighted by molar-refractivity contribution is -0.384. The van der Waals surface area contributed by atoms with E-state index in [4.69, 9.17) is 0 Å². The third-order valence-electron chi connectivity index (χ3n) is 6.03. The molecule has 1 aliphatic rings. The SMILES string of the molecule is CCc1nc2sc([C@@H](c3ccc([N+](=O)[O-])cc3)N3CCN(c4ccccc4)CC3)c(O)n2n1. The molecule has 2 aromatic heterocycles. The maximum Gasteiger partial charge on any atom is 0.269 e. The highest BCUT2D eigenvalue weighted by Crippen LogP contribution is 2.40. The van der Waals surface area contributed by atoms with Gasteiger partial charge in [0.2, 0.25) is 10.8 Å². The fourth-order valence-corrected chi connectivity index (χ4v) is 5.44. The molecule has 0 radical (unpaired) electrons. The summed E-state index contributed by atoms with van der Waals surface area (Å²) in [6.07, 6.45) is 0.691. The molecule has 1 atom stereocenters. The predicted octanol–water partition coefficient (Wildman–Crippen LogP) is 3.88. The van der Waals surface area contributed by atoms with Crippen molar-refractivity contribution in [3.8, 4) is 5.88 Å². The average molecular weight is 465 g/mol. The zero-order valence-corrected chi connectivity index (χ0v) is 19.0. The summed E-state index contributed by atoms with van der Waals surface area (Å²) >= 11 is 1.41. The Bertz CT molecular complexity index is 1260. The van der Waals surface area contributed by atoms with Crippen LogP contribution in [0.3, 0.4) is 0 Å². The third-order valence-corrected chi connectivity index (χ3v) is 7.10. The van der Waals surface area contributed by atoms with E-state index in [1.807, 2.05) is 25.1 Å². The van der Waals surface area contributed by atoms with Crippen LogP contribution in [0.2, 0.25) is 0 Å². The van der Waals surface area contributed by atoms with E-state index in [0.29, 0.717) is 17.2 Å². The molecule has 0 unspecified atom stereocenters. The lowest BCUT2D eigenvalue weighted by atomic mass is 10.0. The molecule has 10 heteroatoms. The minimum absolute atomic E-state index is 0.0471. The molecule has 5 rings (SSSR count). The van der Waals surface area contributed by atoms with Crippen molar-refractivity contribution in [1.82, 2.24) is 19.5 Å². The maximum atomic E-state index is 11.2. The first-order valence-corrected chi connectivity index (χ1v) is 11.7. The van der Waals surface area contributed by atoms with E-state index in [9.17, 15) is 15.2 Å². The fraction of sp³-hybridized carbons (Fsp3) is 0.304. The number of aryl methyl sites for hydroxylation is 1. The normalized spacial score (nSPS) is 15.7. The molecule has 0 amide bonds. The molecule has 9 nitrogen and oxygen atoms in total. The van der Waals surface area contributed by atoms with Gasteiger partial charge in [0, 0.05) is 50.4 Å². The van der Waals surface area contributed by atoms with Gasteiger partial charge in [0.05, 0.1) is 15.8 Å². The molecule has 170 valence electrons. The van der Waals surface area contributed by atoms with E-state index in [1.165, 1.54) is 33.7 Å². The Kier molecular flexibility index (Phi) is 5.69. The molecule has 1 aliphatic heterocycles. The quantitative estimate of drug-likeness (QED) is 0.341. The van der Waals surface area contributed by atoms with E-state index in [-0.39, 0.29) is 17.6 Å². The van der Waals surface area contributed by atoms with E-state index in [1.54, 1.807) is 12.1 Å². The first-order valence-electron chi connectivity index (χ1n) is 10.9. The van der Waals surface area contributed by atoms with Crippen molar-refractivity contribution < 1.29 is 10.0 Å². The molecule has 1 fully saturated rings. The Hall–Kier alpha value is -3.50. The monoisotopic (exact) mass is 464 g/mol.